The highest BCUT2D eigenvalue weighted by Crippen LogP contribution is 2.34. The third-order valence-electron chi connectivity index (χ3n) is 6.75. The van der Waals surface area contributed by atoms with Crippen molar-refractivity contribution in [3.63, 3.8) is 0 Å². The number of amides is 1. The Kier molecular flexibility index (Phi) is 7.58. The molecular weight excluding hydrogens is 368 g/mol. The molecular formula is C27H36N2O. The zero-order chi connectivity index (χ0) is 20.6. The Bertz CT molecular complexity index is 792. The molecule has 2 aliphatic rings. The minimum Gasteiger partial charge on any atom is -0.315 e. The topological polar surface area (TPSA) is 32.3 Å². The standard InChI is InChI=1S/C27H36N2O/c30-27-25-20-14-13-19-24(25)26(29(27)21-22-15-9-8-10-16-22)28-23-17-11-6-4-2-1-3-5-7-12-18-23/h8-10,13-16,19-20,23,26,28H,1-7,11-12,17-18,21H2. The predicted molar refractivity (Wildman–Crippen MR) is 123 cm³/mol. The summed E-state index contributed by atoms with van der Waals surface area (Å²) in [6.07, 6.45) is 14.6. The summed E-state index contributed by atoms with van der Waals surface area (Å²) in [5.41, 5.74) is 3.19. The van der Waals surface area contributed by atoms with Gasteiger partial charge in [-0.3, -0.25) is 10.1 Å². The SMILES string of the molecule is O=C1c2ccccc2C(NC2CCCCCCCCCCC2)N1Cc1ccccc1. The Hall–Kier alpha value is -2.13. The van der Waals surface area contributed by atoms with Crippen molar-refractivity contribution in [2.45, 2.75) is 89.4 Å². The van der Waals surface area contributed by atoms with E-state index in [0.717, 1.165) is 11.1 Å². The average molecular weight is 405 g/mol. The lowest BCUT2D eigenvalue weighted by molar-refractivity contribution is 0.0658. The maximum Gasteiger partial charge on any atom is 0.256 e. The van der Waals surface area contributed by atoms with E-state index in [1.165, 1.54) is 76.2 Å². The zero-order valence-corrected chi connectivity index (χ0v) is 18.2. The molecule has 0 bridgehead atoms. The van der Waals surface area contributed by atoms with Crippen molar-refractivity contribution in [2.24, 2.45) is 0 Å². The van der Waals surface area contributed by atoms with Crippen LogP contribution >= 0.6 is 0 Å². The summed E-state index contributed by atoms with van der Waals surface area (Å²) in [5, 5.41) is 3.93. The van der Waals surface area contributed by atoms with Crippen molar-refractivity contribution >= 4 is 5.91 Å². The van der Waals surface area contributed by atoms with E-state index in [9.17, 15) is 4.79 Å². The molecule has 4 rings (SSSR count). The van der Waals surface area contributed by atoms with Crippen molar-refractivity contribution in [1.29, 1.82) is 0 Å². The van der Waals surface area contributed by atoms with Crippen LogP contribution in [0.2, 0.25) is 0 Å². The lowest BCUT2D eigenvalue weighted by Crippen LogP contribution is -2.41. The lowest BCUT2D eigenvalue weighted by Gasteiger charge is -2.31. The third-order valence-corrected chi connectivity index (χ3v) is 6.75. The first-order chi connectivity index (χ1) is 14.8. The van der Waals surface area contributed by atoms with Crippen LogP contribution < -0.4 is 5.32 Å². The predicted octanol–water partition coefficient (Wildman–Crippen LogP) is 6.60. The number of carbonyl (C=O) groups is 1. The molecule has 1 fully saturated rings. The van der Waals surface area contributed by atoms with Crippen LogP contribution in [0.1, 0.15) is 98.3 Å². The second kappa shape index (κ2) is 10.8. The third kappa shape index (κ3) is 5.31. The first-order valence-electron chi connectivity index (χ1n) is 12.0. The van der Waals surface area contributed by atoms with Gasteiger partial charge < -0.3 is 4.90 Å². The molecule has 0 spiro atoms. The highest BCUT2D eigenvalue weighted by molar-refractivity contribution is 5.99. The summed E-state index contributed by atoms with van der Waals surface area (Å²) >= 11 is 0. The minimum absolute atomic E-state index is 0.0215. The summed E-state index contributed by atoms with van der Waals surface area (Å²) in [7, 11) is 0. The molecule has 30 heavy (non-hydrogen) atoms. The van der Waals surface area contributed by atoms with Gasteiger partial charge in [0.15, 0.2) is 0 Å². The fourth-order valence-corrected chi connectivity index (χ4v) is 5.05. The van der Waals surface area contributed by atoms with E-state index in [1.54, 1.807) is 0 Å². The van der Waals surface area contributed by atoms with Gasteiger partial charge in [0.1, 0.15) is 6.17 Å². The van der Waals surface area contributed by atoms with E-state index in [4.69, 9.17) is 0 Å². The molecule has 0 aromatic heterocycles. The van der Waals surface area contributed by atoms with Crippen molar-refractivity contribution in [2.75, 3.05) is 0 Å². The second-order valence-corrected chi connectivity index (χ2v) is 9.03. The van der Waals surface area contributed by atoms with E-state index in [1.807, 2.05) is 23.1 Å². The average Bonchev–Trinajstić information content (AvgIpc) is 3.02. The number of carbonyl (C=O) groups excluding carboxylic acids is 1. The summed E-state index contributed by atoms with van der Waals surface area (Å²) in [5.74, 6) is 0.153. The van der Waals surface area contributed by atoms with E-state index >= 15 is 0 Å². The van der Waals surface area contributed by atoms with E-state index in [0.29, 0.717) is 12.6 Å². The fourth-order valence-electron chi connectivity index (χ4n) is 5.05. The van der Waals surface area contributed by atoms with Gasteiger partial charge in [-0.25, -0.2) is 0 Å². The second-order valence-electron chi connectivity index (χ2n) is 9.03. The number of benzene rings is 2. The van der Waals surface area contributed by atoms with Gasteiger partial charge in [0.2, 0.25) is 0 Å². The van der Waals surface area contributed by atoms with E-state index in [2.05, 4.69) is 41.7 Å². The summed E-state index contributed by atoms with van der Waals surface area (Å²) in [6.45, 7) is 0.652. The molecule has 1 N–H and O–H groups in total. The van der Waals surface area contributed by atoms with Crippen molar-refractivity contribution in [1.82, 2.24) is 10.2 Å². The summed E-state index contributed by atoms with van der Waals surface area (Å²) < 4.78 is 0. The lowest BCUT2D eigenvalue weighted by atomic mass is 9.97. The smallest absolute Gasteiger partial charge is 0.256 e. The first-order valence-corrected chi connectivity index (χ1v) is 12.0. The van der Waals surface area contributed by atoms with Crippen LogP contribution in [0.5, 0.6) is 0 Å². The maximum atomic E-state index is 13.2. The van der Waals surface area contributed by atoms with Gasteiger partial charge in [-0.2, -0.15) is 0 Å². The molecule has 1 atom stereocenters. The van der Waals surface area contributed by atoms with Crippen molar-refractivity contribution < 1.29 is 4.79 Å². The van der Waals surface area contributed by atoms with Crippen LogP contribution in [-0.4, -0.2) is 16.8 Å². The molecule has 1 unspecified atom stereocenters. The Morgan fingerprint density at radius 1 is 0.733 bits per heavy atom. The molecule has 3 nitrogen and oxygen atoms in total. The van der Waals surface area contributed by atoms with Crippen molar-refractivity contribution in [3.8, 4) is 0 Å². The molecule has 2 aromatic carbocycles. The molecule has 160 valence electrons. The molecule has 1 saturated carbocycles. The van der Waals surface area contributed by atoms with Crippen LogP contribution in [0, 0.1) is 0 Å². The molecule has 3 heteroatoms. The van der Waals surface area contributed by atoms with Gasteiger partial charge in [-0.15, -0.1) is 0 Å². The Balaban J connectivity index is 1.51. The molecule has 2 aromatic rings. The minimum atomic E-state index is -0.0215. The molecule has 1 amide bonds. The Labute approximate surface area is 181 Å². The number of fused-ring (bicyclic) bond motifs is 1. The monoisotopic (exact) mass is 404 g/mol. The number of nitrogens with zero attached hydrogens (tertiary/aromatic N) is 1. The maximum absolute atomic E-state index is 13.2. The van der Waals surface area contributed by atoms with Crippen LogP contribution in [0.4, 0.5) is 0 Å². The molecule has 0 saturated heterocycles. The van der Waals surface area contributed by atoms with E-state index in [-0.39, 0.29) is 12.1 Å². The van der Waals surface area contributed by atoms with Crippen LogP contribution in [0.3, 0.4) is 0 Å². The van der Waals surface area contributed by atoms with Gasteiger partial charge in [-0.05, 0) is 24.5 Å². The van der Waals surface area contributed by atoms with Gasteiger partial charge in [0.05, 0.1) is 0 Å². The quantitative estimate of drug-likeness (QED) is 0.622. The summed E-state index contributed by atoms with van der Waals surface area (Å²) in [6, 6.07) is 19.0. The molecule has 1 heterocycles. The Morgan fingerprint density at radius 3 is 1.97 bits per heavy atom. The Morgan fingerprint density at radius 2 is 1.30 bits per heavy atom. The number of nitrogens with one attached hydrogen (secondary N) is 1. The number of rotatable bonds is 4. The van der Waals surface area contributed by atoms with Gasteiger partial charge >= 0.3 is 0 Å². The van der Waals surface area contributed by atoms with Gasteiger partial charge in [0.25, 0.3) is 5.91 Å². The van der Waals surface area contributed by atoms with Gasteiger partial charge in [-0.1, -0.05) is 106 Å². The largest absolute Gasteiger partial charge is 0.315 e. The van der Waals surface area contributed by atoms with Crippen LogP contribution in [0.15, 0.2) is 54.6 Å². The highest BCUT2D eigenvalue weighted by atomic mass is 16.2. The molecule has 0 radical (unpaired) electrons. The fraction of sp³-hybridized carbons (Fsp3) is 0.519. The van der Waals surface area contributed by atoms with Crippen LogP contribution in [0.25, 0.3) is 0 Å². The van der Waals surface area contributed by atoms with Crippen molar-refractivity contribution in [3.05, 3.63) is 71.3 Å². The first kappa shape index (κ1) is 21.1. The number of hydrogen-bond donors (Lipinski definition) is 1. The highest BCUT2D eigenvalue weighted by Gasteiger charge is 2.37. The zero-order valence-electron chi connectivity index (χ0n) is 18.2. The molecule has 1 aliphatic carbocycles. The normalized spacial score (nSPS) is 21.7. The van der Waals surface area contributed by atoms with Crippen LogP contribution in [-0.2, 0) is 6.54 Å². The van der Waals surface area contributed by atoms with E-state index < -0.39 is 0 Å². The summed E-state index contributed by atoms with van der Waals surface area (Å²) in [4.78, 5) is 15.3. The van der Waals surface area contributed by atoms with Gasteiger partial charge in [0, 0.05) is 23.7 Å². The molecule has 1 aliphatic heterocycles. The number of hydrogen-bond acceptors (Lipinski definition) is 2.